The summed E-state index contributed by atoms with van der Waals surface area (Å²) in [5.74, 6) is 0.628. The molecule has 1 nitrogen and oxygen atoms in total. The van der Waals surface area contributed by atoms with Gasteiger partial charge >= 0.3 is 0 Å². The highest BCUT2D eigenvalue weighted by atomic mass is 19.1. The summed E-state index contributed by atoms with van der Waals surface area (Å²) < 4.78 is 12.4. The number of hydrogen-bond acceptors (Lipinski definition) is 1. The lowest BCUT2D eigenvalue weighted by atomic mass is 10.2. The van der Waals surface area contributed by atoms with Crippen molar-refractivity contribution in [2.24, 2.45) is 5.92 Å². The second-order valence-corrected chi connectivity index (χ2v) is 3.40. The maximum absolute atomic E-state index is 12.4. The number of nitrogens with zero attached hydrogens (tertiary/aromatic N) is 1. The summed E-state index contributed by atoms with van der Waals surface area (Å²) >= 11 is 0. The Morgan fingerprint density at radius 1 is 1.20 bits per heavy atom. The lowest BCUT2D eigenvalue weighted by Crippen LogP contribution is -2.28. The van der Waals surface area contributed by atoms with Gasteiger partial charge in [0.25, 0.3) is 0 Å². The fraction of sp³-hybridized carbons (Fsp3) is 1.00. The Morgan fingerprint density at radius 3 is 2.00 bits per heavy atom. The van der Waals surface area contributed by atoms with Crippen molar-refractivity contribution in [1.82, 2.24) is 4.90 Å². The fourth-order valence-electron chi connectivity index (χ4n) is 1.13. The summed E-state index contributed by atoms with van der Waals surface area (Å²) in [5, 5.41) is 0. The smallest absolute Gasteiger partial charge is 0.110 e. The molecule has 0 bridgehead atoms. The first kappa shape index (κ1) is 9.89. The summed E-state index contributed by atoms with van der Waals surface area (Å²) in [6, 6.07) is 0. The first-order valence-electron chi connectivity index (χ1n) is 3.85. The van der Waals surface area contributed by atoms with Crippen LogP contribution in [0.15, 0.2) is 0 Å². The summed E-state index contributed by atoms with van der Waals surface area (Å²) in [5.41, 5.74) is 0. The molecule has 0 spiro atoms. The van der Waals surface area contributed by atoms with E-state index in [0.29, 0.717) is 12.5 Å². The van der Waals surface area contributed by atoms with Crippen LogP contribution in [-0.2, 0) is 0 Å². The third-order valence-electron chi connectivity index (χ3n) is 1.24. The van der Waals surface area contributed by atoms with Crippen molar-refractivity contribution in [2.75, 3.05) is 20.1 Å². The third kappa shape index (κ3) is 6.02. The topological polar surface area (TPSA) is 3.24 Å². The zero-order chi connectivity index (χ0) is 8.15. The Labute approximate surface area is 63.2 Å². The molecule has 1 atom stereocenters. The minimum absolute atomic E-state index is 0.554. The molecule has 0 amide bonds. The normalized spacial score (nSPS) is 14.7. The van der Waals surface area contributed by atoms with Crippen molar-refractivity contribution in [2.45, 2.75) is 26.9 Å². The molecule has 0 aromatic heterocycles. The van der Waals surface area contributed by atoms with Gasteiger partial charge in [-0.3, -0.25) is 0 Å². The van der Waals surface area contributed by atoms with Crippen LogP contribution in [0.2, 0.25) is 0 Å². The van der Waals surface area contributed by atoms with Crippen molar-refractivity contribution in [1.29, 1.82) is 0 Å². The predicted molar refractivity (Wildman–Crippen MR) is 42.9 cm³/mol. The molecule has 0 fully saturated rings. The summed E-state index contributed by atoms with van der Waals surface area (Å²) in [6.07, 6.45) is -0.705. The summed E-state index contributed by atoms with van der Waals surface area (Å²) in [6.45, 7) is 7.40. The molecule has 0 rings (SSSR count). The maximum atomic E-state index is 12.4. The van der Waals surface area contributed by atoms with E-state index in [1.165, 1.54) is 0 Å². The van der Waals surface area contributed by atoms with Crippen LogP contribution in [0.4, 0.5) is 4.39 Å². The minimum Gasteiger partial charge on any atom is -0.303 e. The molecule has 2 heteroatoms. The largest absolute Gasteiger partial charge is 0.303 e. The third-order valence-corrected chi connectivity index (χ3v) is 1.24. The molecule has 62 valence electrons. The number of halogens is 1. The summed E-state index contributed by atoms with van der Waals surface area (Å²) in [7, 11) is 1.95. The Bertz CT molecular complexity index is 71.3. The van der Waals surface area contributed by atoms with Gasteiger partial charge in [-0.05, 0) is 19.9 Å². The van der Waals surface area contributed by atoms with Crippen molar-refractivity contribution >= 4 is 0 Å². The zero-order valence-electron chi connectivity index (χ0n) is 7.39. The molecule has 0 radical (unpaired) electrons. The average Bonchev–Trinajstić information content (AvgIpc) is 1.58. The molecule has 0 saturated carbocycles. The van der Waals surface area contributed by atoms with Crippen molar-refractivity contribution in [3.05, 3.63) is 0 Å². The van der Waals surface area contributed by atoms with Crippen molar-refractivity contribution in [3.63, 3.8) is 0 Å². The standard InChI is InChI=1S/C8H18FN/c1-7(2)5-10(4)6-8(3)9/h7-8H,5-6H2,1-4H3. The average molecular weight is 147 g/mol. The van der Waals surface area contributed by atoms with E-state index < -0.39 is 6.17 Å². The van der Waals surface area contributed by atoms with E-state index in [9.17, 15) is 4.39 Å². The first-order chi connectivity index (χ1) is 4.52. The van der Waals surface area contributed by atoms with Crippen molar-refractivity contribution < 1.29 is 4.39 Å². The highest BCUT2D eigenvalue weighted by Crippen LogP contribution is 1.98. The van der Waals surface area contributed by atoms with Crippen molar-refractivity contribution in [3.8, 4) is 0 Å². The molecule has 0 aromatic carbocycles. The summed E-state index contributed by atoms with van der Waals surface area (Å²) in [4.78, 5) is 2.02. The van der Waals surface area contributed by atoms with E-state index in [0.717, 1.165) is 6.54 Å². The fourth-order valence-corrected chi connectivity index (χ4v) is 1.13. The highest BCUT2D eigenvalue weighted by molar-refractivity contribution is 4.57. The van der Waals surface area contributed by atoms with Gasteiger partial charge in [-0.25, -0.2) is 4.39 Å². The van der Waals surface area contributed by atoms with Gasteiger partial charge in [0.05, 0.1) is 0 Å². The van der Waals surface area contributed by atoms with Gasteiger partial charge in [-0.15, -0.1) is 0 Å². The van der Waals surface area contributed by atoms with Crippen LogP contribution in [0.25, 0.3) is 0 Å². The molecule has 0 aliphatic heterocycles. The van der Waals surface area contributed by atoms with E-state index in [-0.39, 0.29) is 0 Å². The second-order valence-electron chi connectivity index (χ2n) is 3.40. The Morgan fingerprint density at radius 2 is 1.70 bits per heavy atom. The quantitative estimate of drug-likeness (QED) is 0.587. The van der Waals surface area contributed by atoms with Crippen LogP contribution in [0.5, 0.6) is 0 Å². The molecule has 1 unspecified atom stereocenters. The lowest BCUT2D eigenvalue weighted by molar-refractivity contribution is 0.217. The van der Waals surface area contributed by atoms with Gasteiger partial charge in [0.15, 0.2) is 0 Å². The van der Waals surface area contributed by atoms with E-state index in [1.54, 1.807) is 6.92 Å². The predicted octanol–water partition coefficient (Wildman–Crippen LogP) is 1.93. The van der Waals surface area contributed by atoms with Crippen LogP contribution in [0.1, 0.15) is 20.8 Å². The molecular weight excluding hydrogens is 129 g/mol. The van der Waals surface area contributed by atoms with Gasteiger partial charge < -0.3 is 4.90 Å². The molecule has 10 heavy (non-hydrogen) atoms. The molecule has 0 aliphatic carbocycles. The monoisotopic (exact) mass is 147 g/mol. The first-order valence-corrected chi connectivity index (χ1v) is 3.85. The van der Waals surface area contributed by atoms with Gasteiger partial charge in [-0.1, -0.05) is 13.8 Å². The lowest BCUT2D eigenvalue weighted by Gasteiger charge is -2.18. The van der Waals surface area contributed by atoms with Crippen LogP contribution in [0.3, 0.4) is 0 Å². The molecule has 0 heterocycles. The Kier molecular flexibility index (Phi) is 4.62. The van der Waals surface area contributed by atoms with Gasteiger partial charge in [0.2, 0.25) is 0 Å². The molecule has 0 saturated heterocycles. The van der Waals surface area contributed by atoms with E-state index in [4.69, 9.17) is 0 Å². The molecule has 0 aliphatic rings. The van der Waals surface area contributed by atoms with E-state index in [2.05, 4.69) is 13.8 Å². The van der Waals surface area contributed by atoms with E-state index >= 15 is 0 Å². The van der Waals surface area contributed by atoms with Gasteiger partial charge in [0, 0.05) is 13.1 Å². The minimum atomic E-state index is -0.705. The maximum Gasteiger partial charge on any atom is 0.110 e. The SMILES string of the molecule is CC(C)CN(C)CC(C)F. The molecule has 0 N–H and O–H groups in total. The number of alkyl halides is 1. The van der Waals surface area contributed by atoms with Crippen LogP contribution in [-0.4, -0.2) is 31.2 Å². The highest BCUT2D eigenvalue weighted by Gasteiger charge is 2.04. The van der Waals surface area contributed by atoms with Gasteiger partial charge in [-0.2, -0.15) is 0 Å². The number of hydrogen-bond donors (Lipinski definition) is 0. The molecular formula is C8H18FN. The Hall–Kier alpha value is -0.110. The van der Waals surface area contributed by atoms with E-state index in [1.807, 2.05) is 11.9 Å². The van der Waals surface area contributed by atoms with Crippen LogP contribution in [0, 0.1) is 5.92 Å². The zero-order valence-corrected chi connectivity index (χ0v) is 7.39. The van der Waals surface area contributed by atoms with Gasteiger partial charge in [0.1, 0.15) is 6.17 Å². The van der Waals surface area contributed by atoms with Crippen LogP contribution >= 0.6 is 0 Å². The second kappa shape index (κ2) is 4.67. The van der Waals surface area contributed by atoms with Crippen LogP contribution < -0.4 is 0 Å². The number of rotatable bonds is 4. The molecule has 0 aromatic rings. The Balaban J connectivity index is 3.34.